The van der Waals surface area contributed by atoms with Crippen molar-refractivity contribution in [2.75, 3.05) is 0 Å². The zero-order valence-corrected chi connectivity index (χ0v) is 9.78. The Balaban J connectivity index is 1.83. The first-order chi connectivity index (χ1) is 7.66. The number of rotatable bonds is 5. The molecule has 0 saturated heterocycles. The molecule has 2 heteroatoms. The first-order valence-electron chi connectivity index (χ1n) is 6.02. The second kappa shape index (κ2) is 4.79. The van der Waals surface area contributed by atoms with Crippen molar-refractivity contribution in [3.05, 3.63) is 35.4 Å². The van der Waals surface area contributed by atoms with Gasteiger partial charge in [-0.2, -0.15) is 0 Å². The standard InChI is InChI=1S/C14H19NO/c1-10(15)6-7-13(16)9-12-8-11-4-2-3-5-14(11)12/h2-5,10,12H,6-9,15H2,1H3. The molecule has 0 amide bonds. The molecule has 0 aliphatic heterocycles. The van der Waals surface area contributed by atoms with Gasteiger partial charge in [-0.25, -0.2) is 0 Å². The summed E-state index contributed by atoms with van der Waals surface area (Å²) in [6, 6.07) is 8.54. The van der Waals surface area contributed by atoms with Crippen molar-refractivity contribution in [2.45, 2.75) is 44.6 Å². The summed E-state index contributed by atoms with van der Waals surface area (Å²) in [6.07, 6.45) is 3.22. The minimum absolute atomic E-state index is 0.137. The number of carbonyl (C=O) groups excluding carboxylic acids is 1. The maximum Gasteiger partial charge on any atom is 0.133 e. The van der Waals surface area contributed by atoms with Crippen molar-refractivity contribution in [1.29, 1.82) is 0 Å². The predicted octanol–water partition coefficient (Wildman–Crippen LogP) is 2.41. The lowest BCUT2D eigenvalue weighted by molar-refractivity contribution is -0.119. The summed E-state index contributed by atoms with van der Waals surface area (Å²) in [5.41, 5.74) is 8.42. The summed E-state index contributed by atoms with van der Waals surface area (Å²) in [5, 5.41) is 0. The fourth-order valence-corrected chi connectivity index (χ4v) is 2.31. The Hall–Kier alpha value is -1.15. The third-order valence-corrected chi connectivity index (χ3v) is 3.31. The molecule has 16 heavy (non-hydrogen) atoms. The van der Waals surface area contributed by atoms with Crippen LogP contribution in [0, 0.1) is 0 Å². The van der Waals surface area contributed by atoms with Crippen LogP contribution in [-0.2, 0) is 11.2 Å². The average molecular weight is 217 g/mol. The first kappa shape index (κ1) is 11.3. The second-order valence-electron chi connectivity index (χ2n) is 4.86. The van der Waals surface area contributed by atoms with Gasteiger partial charge in [-0.15, -0.1) is 0 Å². The van der Waals surface area contributed by atoms with Crippen molar-refractivity contribution in [3.8, 4) is 0 Å². The number of hydrogen-bond acceptors (Lipinski definition) is 2. The van der Waals surface area contributed by atoms with Gasteiger partial charge in [0, 0.05) is 18.9 Å². The highest BCUT2D eigenvalue weighted by molar-refractivity contribution is 5.79. The monoisotopic (exact) mass is 217 g/mol. The Kier molecular flexibility index (Phi) is 3.39. The van der Waals surface area contributed by atoms with Crippen molar-refractivity contribution in [3.63, 3.8) is 0 Å². The summed E-state index contributed by atoms with van der Waals surface area (Å²) in [5.74, 6) is 0.827. The van der Waals surface area contributed by atoms with Crippen molar-refractivity contribution < 1.29 is 4.79 Å². The van der Waals surface area contributed by atoms with Gasteiger partial charge in [-0.1, -0.05) is 24.3 Å². The fraction of sp³-hybridized carbons (Fsp3) is 0.500. The third kappa shape index (κ3) is 2.50. The number of carbonyl (C=O) groups is 1. The Morgan fingerprint density at radius 2 is 2.25 bits per heavy atom. The Bertz CT molecular complexity index is 384. The van der Waals surface area contributed by atoms with Gasteiger partial charge in [-0.3, -0.25) is 4.79 Å². The van der Waals surface area contributed by atoms with E-state index < -0.39 is 0 Å². The Morgan fingerprint density at radius 1 is 1.50 bits per heavy atom. The molecular weight excluding hydrogens is 198 g/mol. The van der Waals surface area contributed by atoms with E-state index in [1.807, 2.05) is 6.92 Å². The van der Waals surface area contributed by atoms with Gasteiger partial charge in [-0.05, 0) is 36.8 Å². The number of ketones is 1. The summed E-state index contributed by atoms with van der Waals surface area (Å²) in [6.45, 7) is 1.95. The van der Waals surface area contributed by atoms with Crippen LogP contribution in [0.5, 0.6) is 0 Å². The Morgan fingerprint density at radius 3 is 2.94 bits per heavy atom. The molecule has 0 spiro atoms. The van der Waals surface area contributed by atoms with Gasteiger partial charge in [0.05, 0.1) is 0 Å². The zero-order chi connectivity index (χ0) is 11.5. The summed E-state index contributed by atoms with van der Waals surface area (Å²) in [7, 11) is 0. The van der Waals surface area contributed by atoms with E-state index >= 15 is 0 Å². The van der Waals surface area contributed by atoms with E-state index in [4.69, 9.17) is 5.73 Å². The highest BCUT2D eigenvalue weighted by Crippen LogP contribution is 2.37. The van der Waals surface area contributed by atoms with Gasteiger partial charge in [0.25, 0.3) is 0 Å². The molecule has 0 saturated carbocycles. The van der Waals surface area contributed by atoms with E-state index in [1.165, 1.54) is 11.1 Å². The van der Waals surface area contributed by atoms with E-state index in [0.29, 0.717) is 24.5 Å². The summed E-state index contributed by atoms with van der Waals surface area (Å²) < 4.78 is 0. The lowest BCUT2D eigenvalue weighted by atomic mass is 9.75. The van der Waals surface area contributed by atoms with Crippen LogP contribution in [-0.4, -0.2) is 11.8 Å². The molecule has 86 valence electrons. The predicted molar refractivity (Wildman–Crippen MR) is 65.4 cm³/mol. The zero-order valence-electron chi connectivity index (χ0n) is 9.78. The molecule has 2 N–H and O–H groups in total. The van der Waals surface area contributed by atoms with E-state index in [9.17, 15) is 4.79 Å². The van der Waals surface area contributed by atoms with Crippen LogP contribution >= 0.6 is 0 Å². The van der Waals surface area contributed by atoms with Gasteiger partial charge in [0.1, 0.15) is 5.78 Å². The number of nitrogens with two attached hydrogens (primary N) is 1. The Labute approximate surface area is 96.8 Å². The van der Waals surface area contributed by atoms with Gasteiger partial charge >= 0.3 is 0 Å². The second-order valence-corrected chi connectivity index (χ2v) is 4.86. The molecule has 1 aliphatic carbocycles. The molecule has 2 nitrogen and oxygen atoms in total. The normalized spacial score (nSPS) is 19.8. The van der Waals surface area contributed by atoms with Crippen LogP contribution in [0.1, 0.15) is 43.2 Å². The van der Waals surface area contributed by atoms with Crippen molar-refractivity contribution in [2.24, 2.45) is 5.73 Å². The molecule has 2 unspecified atom stereocenters. The molecule has 0 radical (unpaired) electrons. The molecular formula is C14H19NO. The molecule has 0 bridgehead atoms. The third-order valence-electron chi connectivity index (χ3n) is 3.31. The average Bonchev–Trinajstić information content (AvgIpc) is 2.23. The molecule has 0 heterocycles. The first-order valence-corrected chi connectivity index (χ1v) is 6.02. The molecule has 1 aromatic carbocycles. The number of Topliss-reactive ketones (excluding diaryl/α,β-unsaturated/α-hetero) is 1. The van der Waals surface area contributed by atoms with Gasteiger partial charge < -0.3 is 5.73 Å². The maximum atomic E-state index is 11.7. The van der Waals surface area contributed by atoms with Crippen molar-refractivity contribution in [1.82, 2.24) is 0 Å². The van der Waals surface area contributed by atoms with Gasteiger partial charge in [0.15, 0.2) is 0 Å². The molecule has 0 aromatic heterocycles. The van der Waals surface area contributed by atoms with Crippen LogP contribution in [0.4, 0.5) is 0 Å². The lowest BCUT2D eigenvalue weighted by Gasteiger charge is -2.29. The number of fused-ring (bicyclic) bond motifs is 1. The molecule has 2 rings (SSSR count). The SMILES string of the molecule is CC(N)CCC(=O)CC1Cc2ccccc21. The van der Waals surface area contributed by atoms with Crippen LogP contribution in [0.3, 0.4) is 0 Å². The van der Waals surface area contributed by atoms with E-state index in [1.54, 1.807) is 0 Å². The van der Waals surface area contributed by atoms with E-state index in [-0.39, 0.29) is 6.04 Å². The largest absolute Gasteiger partial charge is 0.328 e. The minimum Gasteiger partial charge on any atom is -0.328 e. The van der Waals surface area contributed by atoms with E-state index in [2.05, 4.69) is 24.3 Å². The molecule has 2 atom stereocenters. The maximum absolute atomic E-state index is 11.7. The minimum atomic E-state index is 0.137. The number of benzene rings is 1. The van der Waals surface area contributed by atoms with Crippen LogP contribution in [0.25, 0.3) is 0 Å². The topological polar surface area (TPSA) is 43.1 Å². The summed E-state index contributed by atoms with van der Waals surface area (Å²) >= 11 is 0. The quantitative estimate of drug-likeness (QED) is 0.823. The fourth-order valence-electron chi connectivity index (χ4n) is 2.31. The van der Waals surface area contributed by atoms with E-state index in [0.717, 1.165) is 12.8 Å². The molecule has 1 aromatic rings. The van der Waals surface area contributed by atoms with Crippen LogP contribution in [0.2, 0.25) is 0 Å². The smallest absolute Gasteiger partial charge is 0.133 e. The van der Waals surface area contributed by atoms with Crippen molar-refractivity contribution >= 4 is 5.78 Å². The number of hydrogen-bond donors (Lipinski definition) is 1. The lowest BCUT2D eigenvalue weighted by Crippen LogP contribution is -2.21. The highest BCUT2D eigenvalue weighted by atomic mass is 16.1. The van der Waals surface area contributed by atoms with Crippen LogP contribution < -0.4 is 5.73 Å². The van der Waals surface area contributed by atoms with Gasteiger partial charge in [0.2, 0.25) is 0 Å². The van der Waals surface area contributed by atoms with Crippen LogP contribution in [0.15, 0.2) is 24.3 Å². The molecule has 0 fully saturated rings. The molecule has 1 aliphatic rings. The highest BCUT2D eigenvalue weighted by Gasteiger charge is 2.26. The summed E-state index contributed by atoms with van der Waals surface area (Å²) in [4.78, 5) is 11.7.